The number of alkyl halides is 3. The van der Waals surface area contributed by atoms with Crippen molar-refractivity contribution in [1.82, 2.24) is 19.4 Å². The molecule has 234 valence electrons. The summed E-state index contributed by atoms with van der Waals surface area (Å²) in [7, 11) is -8.10. The smallest absolute Gasteiger partial charge is 0.475 e. The number of sulfonamides is 2. The van der Waals surface area contributed by atoms with Crippen molar-refractivity contribution in [2.45, 2.75) is 35.2 Å². The van der Waals surface area contributed by atoms with Crippen molar-refractivity contribution < 1.29 is 53.5 Å². The number of aromatic amines is 1. The average molecular weight is 661 g/mol. The van der Waals surface area contributed by atoms with Crippen LogP contribution in [0.3, 0.4) is 0 Å². The number of fused-ring (bicyclic) bond motifs is 1. The number of nitrogens with one attached hydrogen (secondary N) is 3. The topological polar surface area (TPSA) is 175 Å². The highest BCUT2D eigenvalue weighted by Crippen LogP contribution is 2.31. The van der Waals surface area contributed by atoms with Crippen LogP contribution in [0.15, 0.2) is 71.6 Å². The number of imidazole rings is 1. The molecule has 1 aliphatic heterocycles. The summed E-state index contributed by atoms with van der Waals surface area (Å²) in [5.41, 5.74) is 2.34. The molecule has 1 aromatic heterocycles. The lowest BCUT2D eigenvalue weighted by Gasteiger charge is -2.18. The second-order valence-electron chi connectivity index (χ2n) is 9.40. The van der Waals surface area contributed by atoms with Gasteiger partial charge in [-0.3, -0.25) is 9.52 Å². The lowest BCUT2D eigenvalue weighted by Crippen LogP contribution is -2.31. The van der Waals surface area contributed by atoms with Crippen molar-refractivity contribution in [2.75, 3.05) is 0 Å². The average Bonchev–Trinajstić information content (AvgIpc) is 3.49. The van der Waals surface area contributed by atoms with E-state index in [9.17, 15) is 43.6 Å². The first-order valence-corrected chi connectivity index (χ1v) is 15.3. The molecule has 0 bridgehead atoms. The van der Waals surface area contributed by atoms with E-state index in [1.165, 1.54) is 0 Å². The van der Waals surface area contributed by atoms with E-state index < -0.39 is 65.9 Å². The Morgan fingerprint density at radius 1 is 1.05 bits per heavy atom. The van der Waals surface area contributed by atoms with Gasteiger partial charge >= 0.3 is 12.1 Å². The molecule has 1 unspecified atom stereocenters. The predicted molar refractivity (Wildman–Crippen MR) is 144 cm³/mol. The van der Waals surface area contributed by atoms with Gasteiger partial charge in [0.1, 0.15) is 11.1 Å². The third kappa shape index (κ3) is 7.56. The van der Waals surface area contributed by atoms with Crippen LogP contribution in [0.2, 0.25) is 0 Å². The quantitative estimate of drug-likeness (QED) is 0.217. The summed E-state index contributed by atoms with van der Waals surface area (Å²) in [6.45, 7) is 0. The van der Waals surface area contributed by atoms with Crippen molar-refractivity contribution in [3.63, 3.8) is 0 Å². The van der Waals surface area contributed by atoms with Gasteiger partial charge in [-0.1, -0.05) is 36.4 Å². The highest BCUT2D eigenvalue weighted by Gasteiger charge is 2.39. The summed E-state index contributed by atoms with van der Waals surface area (Å²) in [4.78, 5) is 27.6. The number of rotatable bonds is 7. The van der Waals surface area contributed by atoms with Crippen LogP contribution in [0.5, 0.6) is 0 Å². The highest BCUT2D eigenvalue weighted by molar-refractivity contribution is 7.90. The summed E-state index contributed by atoms with van der Waals surface area (Å²) in [6, 6.07) is 14.9. The van der Waals surface area contributed by atoms with E-state index in [1.54, 1.807) is 48.5 Å². The fraction of sp³-hybridized carbons (Fsp3) is 0.192. The van der Waals surface area contributed by atoms with E-state index in [0.29, 0.717) is 34.1 Å². The minimum absolute atomic E-state index is 0.0948. The van der Waals surface area contributed by atoms with Crippen LogP contribution in [0.25, 0.3) is 11.0 Å². The molecule has 5 rings (SSSR count). The number of nitrogens with zero attached hydrogens (tertiary/aromatic N) is 1. The fourth-order valence-corrected chi connectivity index (χ4v) is 6.82. The molecule has 44 heavy (non-hydrogen) atoms. The van der Waals surface area contributed by atoms with Crippen LogP contribution in [0.1, 0.15) is 34.7 Å². The number of aliphatic carboxylic acids is 1. The Labute approximate surface area is 246 Å². The van der Waals surface area contributed by atoms with Crippen molar-refractivity contribution in [2.24, 2.45) is 0 Å². The van der Waals surface area contributed by atoms with Gasteiger partial charge in [-0.15, -0.1) is 0 Å². The lowest BCUT2D eigenvalue weighted by atomic mass is 10.0. The summed E-state index contributed by atoms with van der Waals surface area (Å²) in [5.74, 6) is -5.51. The van der Waals surface area contributed by atoms with Gasteiger partial charge in [0, 0.05) is 0 Å². The zero-order valence-electron chi connectivity index (χ0n) is 22.0. The third-order valence-corrected chi connectivity index (χ3v) is 9.44. The second-order valence-corrected chi connectivity index (χ2v) is 13.0. The SMILES string of the molecule is O=C(O)C(F)(F)F.O=C1CC(c2ccc(C[C@H](NS(=O)(=O)c3ccc(F)c(F)c3)c3nc4ccccc4[nH]3)cc2)S(=O)(=O)N1. The Hall–Kier alpha value is -4.42. The molecule has 1 amide bonds. The van der Waals surface area contributed by atoms with Gasteiger partial charge in [0.25, 0.3) is 0 Å². The van der Waals surface area contributed by atoms with Crippen molar-refractivity contribution in [3.05, 3.63) is 95.3 Å². The molecular formula is C26H21F5N4O7S2. The maximum absolute atomic E-state index is 13.7. The Morgan fingerprint density at radius 2 is 1.68 bits per heavy atom. The maximum Gasteiger partial charge on any atom is 0.490 e. The Balaban J connectivity index is 0.000000566. The molecule has 0 spiro atoms. The standard InChI is InChI=1S/C24H20F2N4O5S2.C2HF3O2/c25-17-10-9-16(12-18(17)26)36(32,33)29-21(24-27-19-3-1-2-4-20(19)28-24)11-14-5-7-15(8-6-14)22-13-23(31)30-37(22,34)35;3-2(4,5)1(6)7/h1-10,12,21-22,29H,11,13H2,(H,27,28)(H,30,31);(H,6,7)/t21-,22?;/m0./s1. The van der Waals surface area contributed by atoms with E-state index in [0.717, 1.165) is 12.1 Å². The zero-order chi connectivity index (χ0) is 32.4. The van der Waals surface area contributed by atoms with Crippen LogP contribution in [0, 0.1) is 11.6 Å². The van der Waals surface area contributed by atoms with Gasteiger partial charge in [0.05, 0.1) is 28.4 Å². The number of carboxylic acid groups (broad SMARTS) is 1. The number of carboxylic acids is 1. The normalized spacial score (nSPS) is 17.0. The van der Waals surface area contributed by atoms with Crippen LogP contribution >= 0.6 is 0 Å². The van der Waals surface area contributed by atoms with Crippen LogP contribution in [-0.4, -0.2) is 50.0 Å². The molecule has 11 nitrogen and oxygen atoms in total. The van der Waals surface area contributed by atoms with Crippen LogP contribution in [-0.2, 0) is 36.1 Å². The Morgan fingerprint density at radius 3 is 2.23 bits per heavy atom. The molecular weight excluding hydrogens is 639 g/mol. The summed E-state index contributed by atoms with van der Waals surface area (Å²) in [6.07, 6.45) is -5.17. The number of aromatic nitrogens is 2. The van der Waals surface area contributed by atoms with Gasteiger partial charge in [-0.2, -0.15) is 13.2 Å². The molecule has 4 N–H and O–H groups in total. The van der Waals surface area contributed by atoms with Crippen molar-refractivity contribution >= 4 is 43.0 Å². The molecule has 2 heterocycles. The number of para-hydroxylation sites is 2. The van der Waals surface area contributed by atoms with Crippen LogP contribution < -0.4 is 9.44 Å². The van der Waals surface area contributed by atoms with E-state index in [4.69, 9.17) is 9.90 Å². The first-order chi connectivity index (χ1) is 20.5. The number of halogens is 5. The first kappa shape index (κ1) is 32.5. The second kappa shape index (κ2) is 12.3. The van der Waals surface area contributed by atoms with E-state index in [-0.39, 0.29) is 12.8 Å². The predicted octanol–water partition coefficient (Wildman–Crippen LogP) is 3.63. The van der Waals surface area contributed by atoms with Gasteiger partial charge in [-0.05, 0) is 47.9 Å². The van der Waals surface area contributed by atoms with Gasteiger partial charge < -0.3 is 10.1 Å². The molecule has 3 aromatic carbocycles. The molecule has 1 aliphatic rings. The molecule has 2 atom stereocenters. The van der Waals surface area contributed by atoms with Crippen molar-refractivity contribution in [1.29, 1.82) is 0 Å². The summed E-state index contributed by atoms with van der Waals surface area (Å²) >= 11 is 0. The molecule has 1 fully saturated rings. The zero-order valence-corrected chi connectivity index (χ0v) is 23.6. The van der Waals surface area contributed by atoms with E-state index >= 15 is 0 Å². The summed E-state index contributed by atoms with van der Waals surface area (Å²) < 4.78 is 114. The van der Waals surface area contributed by atoms with Crippen molar-refractivity contribution in [3.8, 4) is 0 Å². The number of hydrogen-bond donors (Lipinski definition) is 4. The van der Waals surface area contributed by atoms with Gasteiger partial charge in [0.15, 0.2) is 11.6 Å². The third-order valence-electron chi connectivity index (χ3n) is 6.27. The van der Waals surface area contributed by atoms with E-state index in [1.807, 2.05) is 4.72 Å². The molecule has 0 saturated carbocycles. The molecule has 0 radical (unpaired) electrons. The highest BCUT2D eigenvalue weighted by atomic mass is 32.2. The Bertz CT molecular complexity index is 1900. The number of carbonyl (C=O) groups excluding carboxylic acids is 1. The number of amides is 1. The number of hydrogen-bond acceptors (Lipinski definition) is 7. The largest absolute Gasteiger partial charge is 0.490 e. The fourth-order valence-electron chi connectivity index (χ4n) is 4.18. The minimum Gasteiger partial charge on any atom is -0.475 e. The number of benzene rings is 3. The molecule has 1 saturated heterocycles. The number of carbonyl (C=O) groups is 2. The van der Waals surface area contributed by atoms with Crippen LogP contribution in [0.4, 0.5) is 22.0 Å². The number of H-pyrrole nitrogens is 1. The Kier molecular flexibility index (Phi) is 9.08. The minimum atomic E-state index is -5.08. The monoisotopic (exact) mass is 660 g/mol. The molecule has 4 aromatic rings. The first-order valence-electron chi connectivity index (χ1n) is 12.3. The van der Waals surface area contributed by atoms with Gasteiger partial charge in [0.2, 0.25) is 26.0 Å². The van der Waals surface area contributed by atoms with E-state index in [2.05, 4.69) is 14.7 Å². The maximum atomic E-state index is 13.7. The van der Waals surface area contributed by atoms with Gasteiger partial charge in [-0.25, -0.2) is 40.1 Å². The molecule has 0 aliphatic carbocycles. The summed E-state index contributed by atoms with van der Waals surface area (Å²) in [5, 5.41) is 6.12. The molecule has 18 heteroatoms. The lowest BCUT2D eigenvalue weighted by molar-refractivity contribution is -0.192.